The Morgan fingerprint density at radius 1 is 1.32 bits per heavy atom. The highest BCUT2D eigenvalue weighted by Crippen LogP contribution is 2.40. The van der Waals surface area contributed by atoms with Crippen molar-refractivity contribution < 1.29 is 38.5 Å². The van der Waals surface area contributed by atoms with Crippen molar-refractivity contribution in [3.05, 3.63) is 53.9 Å². The molecular formula is C24H21N8O7S+. The van der Waals surface area contributed by atoms with Gasteiger partial charge in [0.2, 0.25) is 18.5 Å². The lowest BCUT2D eigenvalue weighted by atomic mass is 10.0. The van der Waals surface area contributed by atoms with Crippen LogP contribution in [-0.4, -0.2) is 80.1 Å². The molecule has 2 aromatic rings. The number of thioether (sulfide) groups is 1. The fraction of sp³-hybridized carbons (Fsp3) is 0.208. The van der Waals surface area contributed by atoms with E-state index < -0.39 is 34.9 Å². The molecule has 204 valence electrons. The molecule has 0 saturated carbocycles. The van der Waals surface area contributed by atoms with Crippen molar-refractivity contribution in [1.82, 2.24) is 20.2 Å². The van der Waals surface area contributed by atoms with Gasteiger partial charge in [0, 0.05) is 23.6 Å². The first-order chi connectivity index (χ1) is 19.4. The van der Waals surface area contributed by atoms with Crippen LogP contribution in [0.25, 0.3) is 0 Å². The van der Waals surface area contributed by atoms with Crippen LogP contribution in [0.4, 0.5) is 11.5 Å². The van der Waals surface area contributed by atoms with Gasteiger partial charge in [-0.15, -0.1) is 18.2 Å². The lowest BCUT2D eigenvalue weighted by molar-refractivity contribution is -0.688. The van der Waals surface area contributed by atoms with Gasteiger partial charge in [-0.2, -0.15) is 4.57 Å². The minimum atomic E-state index is -1.29. The molecule has 2 atom stereocenters. The molecule has 0 aliphatic carbocycles. The number of terminal acetylenes is 1. The Hall–Kier alpha value is -5.30. The molecule has 1 saturated heterocycles. The molecule has 2 aliphatic heterocycles. The summed E-state index contributed by atoms with van der Waals surface area (Å²) in [5.74, 6) is -0.477. The number of fused-ring (bicyclic) bond motifs is 1. The summed E-state index contributed by atoms with van der Waals surface area (Å²) in [6, 6.07) is 3.67. The molecule has 2 aromatic heterocycles. The fourth-order valence-electron chi connectivity index (χ4n) is 3.94. The first-order valence-corrected chi connectivity index (χ1v) is 12.5. The molecule has 0 radical (unpaired) electrons. The monoisotopic (exact) mass is 565 g/mol. The smallest absolute Gasteiger partial charge is 0.352 e. The number of rotatable bonds is 12. The molecule has 15 nitrogen and oxygen atoms in total. The van der Waals surface area contributed by atoms with Crippen LogP contribution in [0.3, 0.4) is 0 Å². The van der Waals surface area contributed by atoms with E-state index in [2.05, 4.69) is 37.0 Å². The van der Waals surface area contributed by atoms with Crippen LogP contribution >= 0.6 is 11.8 Å². The second kappa shape index (κ2) is 12.5. The summed E-state index contributed by atoms with van der Waals surface area (Å²) in [7, 11) is 0. The van der Waals surface area contributed by atoms with Crippen molar-refractivity contribution in [2.75, 3.05) is 23.0 Å². The molecule has 4 rings (SSSR count). The number of aliphatic carboxylic acids is 1. The van der Waals surface area contributed by atoms with Gasteiger partial charge in [-0.05, 0) is 12.1 Å². The normalized spacial score (nSPS) is 18.0. The van der Waals surface area contributed by atoms with Gasteiger partial charge in [-0.1, -0.05) is 11.1 Å². The Morgan fingerprint density at radius 3 is 2.85 bits per heavy atom. The van der Waals surface area contributed by atoms with Crippen molar-refractivity contribution in [3.8, 4) is 12.3 Å². The van der Waals surface area contributed by atoms with E-state index >= 15 is 0 Å². The standard InChI is InChI=1S/C24H20N8O7S/c1-2-8-39-30-17(20-25-6-5-16(28-20)27-13-34)21(35)29-18-22(36)32-19(24(37)38)14(11-40-23(18)32)9-31-7-3-4-15(10-31)26-12-33/h1,3-7,10,12-13,18,23H,8-9,11H2,(H3-,25,26,27,28,29,33,34,35,37,38)/p+1/t18?,23-/m1/s1. The number of carboxylic acids is 1. The van der Waals surface area contributed by atoms with Crippen molar-refractivity contribution in [2.45, 2.75) is 18.0 Å². The number of pyridine rings is 1. The number of hydrogen-bond donors (Lipinski definition) is 4. The number of aromatic nitrogens is 3. The number of β-lactam (4-membered cyclic amide) rings is 1. The second-order valence-electron chi connectivity index (χ2n) is 8.09. The average Bonchev–Trinajstić information content (AvgIpc) is 2.94. The number of hydrogen-bond acceptors (Lipinski definition) is 10. The highest BCUT2D eigenvalue weighted by atomic mass is 32.2. The third kappa shape index (κ3) is 5.89. The van der Waals surface area contributed by atoms with Gasteiger partial charge in [-0.3, -0.25) is 24.1 Å². The van der Waals surface area contributed by atoms with Gasteiger partial charge in [0.1, 0.15) is 28.6 Å². The first-order valence-electron chi connectivity index (χ1n) is 11.4. The number of nitrogens with one attached hydrogen (secondary N) is 3. The predicted octanol–water partition coefficient (Wildman–Crippen LogP) is -1.31. The second-order valence-corrected chi connectivity index (χ2v) is 9.20. The van der Waals surface area contributed by atoms with E-state index in [1.165, 1.54) is 24.0 Å². The third-order valence-electron chi connectivity index (χ3n) is 5.59. The van der Waals surface area contributed by atoms with Crippen molar-refractivity contribution in [2.24, 2.45) is 5.16 Å². The molecule has 16 heteroatoms. The van der Waals surface area contributed by atoms with E-state index in [1.54, 1.807) is 29.1 Å². The average molecular weight is 566 g/mol. The molecule has 1 unspecified atom stereocenters. The summed E-state index contributed by atoms with van der Waals surface area (Å²) in [6.07, 6.45) is 10.7. The zero-order valence-electron chi connectivity index (χ0n) is 20.5. The van der Waals surface area contributed by atoms with E-state index in [9.17, 15) is 29.1 Å². The number of carbonyl (C=O) groups is 5. The SMILES string of the molecule is C#CCON=C(C(=O)NC1C(=O)N2C(C(=O)O)=C(C[n+]3cccc(NC=O)c3)CS[C@H]12)c1nccc(NC=O)n1. The first kappa shape index (κ1) is 27.7. The number of carboxylic acid groups (broad SMARTS) is 1. The van der Waals surface area contributed by atoms with Gasteiger partial charge in [-0.25, -0.2) is 14.8 Å². The summed E-state index contributed by atoms with van der Waals surface area (Å²) in [5.41, 5.74) is 0.395. The summed E-state index contributed by atoms with van der Waals surface area (Å²) >= 11 is 1.27. The zero-order valence-corrected chi connectivity index (χ0v) is 21.3. The summed E-state index contributed by atoms with van der Waals surface area (Å²) in [4.78, 5) is 74.0. The summed E-state index contributed by atoms with van der Waals surface area (Å²) in [5, 5.41) is 20.3. The number of amides is 4. The number of carbonyl (C=O) groups excluding carboxylic acids is 4. The molecule has 4 N–H and O–H groups in total. The Labute approximate surface area is 230 Å². The van der Waals surface area contributed by atoms with Crippen LogP contribution in [0.1, 0.15) is 5.82 Å². The minimum Gasteiger partial charge on any atom is -0.477 e. The van der Waals surface area contributed by atoms with E-state index in [-0.39, 0.29) is 36.2 Å². The molecule has 4 amide bonds. The third-order valence-corrected chi connectivity index (χ3v) is 6.93. The highest BCUT2D eigenvalue weighted by Gasteiger charge is 2.54. The Kier molecular flexibility index (Phi) is 8.66. The van der Waals surface area contributed by atoms with Crippen LogP contribution in [0, 0.1) is 12.3 Å². The van der Waals surface area contributed by atoms with Crippen LogP contribution < -0.4 is 20.5 Å². The maximum Gasteiger partial charge on any atom is 0.352 e. The van der Waals surface area contributed by atoms with Gasteiger partial charge in [0.25, 0.3) is 11.8 Å². The minimum absolute atomic E-state index is 0.0836. The fourth-order valence-corrected chi connectivity index (χ4v) is 5.28. The lowest BCUT2D eigenvalue weighted by Crippen LogP contribution is -2.71. The van der Waals surface area contributed by atoms with E-state index in [4.69, 9.17) is 11.3 Å². The maximum atomic E-state index is 13.2. The molecule has 1 fully saturated rings. The topological polar surface area (TPSA) is 196 Å². The molecular weight excluding hydrogens is 544 g/mol. The van der Waals surface area contributed by atoms with E-state index in [1.807, 2.05) is 0 Å². The van der Waals surface area contributed by atoms with E-state index in [0.29, 0.717) is 24.1 Å². The van der Waals surface area contributed by atoms with Gasteiger partial charge in [0.05, 0.1) is 0 Å². The summed E-state index contributed by atoms with van der Waals surface area (Å²) < 4.78 is 1.68. The van der Waals surface area contributed by atoms with E-state index in [0.717, 1.165) is 4.90 Å². The van der Waals surface area contributed by atoms with Crippen LogP contribution in [0.15, 0.2) is 53.2 Å². The highest BCUT2D eigenvalue weighted by molar-refractivity contribution is 8.00. The predicted molar refractivity (Wildman–Crippen MR) is 139 cm³/mol. The van der Waals surface area contributed by atoms with Gasteiger partial charge < -0.3 is 25.9 Å². The van der Waals surface area contributed by atoms with Crippen molar-refractivity contribution in [1.29, 1.82) is 0 Å². The van der Waals surface area contributed by atoms with Crippen LogP contribution in [-0.2, 0) is 35.4 Å². The largest absolute Gasteiger partial charge is 0.477 e. The Balaban J connectivity index is 1.54. The molecule has 2 aliphatic rings. The molecule has 40 heavy (non-hydrogen) atoms. The maximum absolute atomic E-state index is 13.2. The van der Waals surface area contributed by atoms with Crippen molar-refractivity contribution >= 4 is 59.6 Å². The molecule has 0 aromatic carbocycles. The van der Waals surface area contributed by atoms with Crippen molar-refractivity contribution in [3.63, 3.8) is 0 Å². The van der Waals surface area contributed by atoms with Gasteiger partial charge in [0.15, 0.2) is 31.4 Å². The number of anilines is 2. The molecule has 0 bridgehead atoms. The summed E-state index contributed by atoms with van der Waals surface area (Å²) in [6.45, 7) is -0.109. The Morgan fingerprint density at radius 2 is 2.12 bits per heavy atom. The zero-order chi connectivity index (χ0) is 28.6. The number of oxime groups is 1. The molecule has 0 spiro atoms. The van der Waals surface area contributed by atoms with Crippen LogP contribution in [0.5, 0.6) is 0 Å². The van der Waals surface area contributed by atoms with Gasteiger partial charge >= 0.3 is 5.97 Å². The lowest BCUT2D eigenvalue weighted by Gasteiger charge is -2.49. The quantitative estimate of drug-likeness (QED) is 0.0456. The van der Waals surface area contributed by atoms with Crippen LogP contribution in [0.2, 0.25) is 0 Å². The number of nitrogens with zero attached hydrogens (tertiary/aromatic N) is 5. The Bertz CT molecular complexity index is 1470. The molecule has 4 heterocycles.